The van der Waals surface area contributed by atoms with Gasteiger partial charge in [-0.25, -0.2) is 0 Å². The molecule has 316 valence electrons. The third-order valence-corrected chi connectivity index (χ3v) is 9.94. The number of benzene rings is 1. The Hall–Kier alpha value is -4.73. The minimum absolute atomic E-state index is 0.0450. The van der Waals surface area contributed by atoms with E-state index in [1.165, 1.54) is 0 Å². The average molecular weight is 820 g/mol. The molecule has 0 radical (unpaired) electrons. The summed E-state index contributed by atoms with van der Waals surface area (Å²) in [6.45, 7) is 13.2. The van der Waals surface area contributed by atoms with Crippen LogP contribution in [-0.2, 0) is 38.1 Å². The lowest BCUT2D eigenvalue weighted by Gasteiger charge is -2.25. The van der Waals surface area contributed by atoms with Crippen molar-refractivity contribution in [2.45, 2.75) is 86.0 Å². The Bertz CT molecular complexity index is 1710. The molecule has 0 saturated carbocycles. The molecule has 0 aliphatic rings. The third-order valence-electron chi connectivity index (χ3n) is 8.86. The first kappa shape index (κ1) is 49.4. The van der Waals surface area contributed by atoms with Gasteiger partial charge >= 0.3 is 11.9 Å². The Kier molecular flexibility index (Phi) is 25.9. The monoisotopic (exact) mass is 819 g/mol. The van der Waals surface area contributed by atoms with Crippen LogP contribution in [0.4, 0.5) is 16.4 Å². The van der Waals surface area contributed by atoms with Crippen molar-refractivity contribution in [3.8, 4) is 12.1 Å². The standard InChI is InChI=1S/C44H61N5O8S/c1-6-8-10-12-14-34(3)28-42(51)56-26-24-54-21-19-49(18-20-53-22-23-55-25-27-57-43(52)30-37(33-50)15-13-11-9-7-2)38-16-17-40(35(4)29-38)47-48-44-39(31-45)36(5)41(32-46)58-44/h10-13,16-17,29,33-34,37H,6-9,14-15,18-28,30H2,1-5H3/b12-10+,13-11+,48-47+. The number of aryl methyl sites for hydroxylation is 1. The fourth-order valence-corrected chi connectivity index (χ4v) is 6.36. The molecule has 0 amide bonds. The number of rotatable bonds is 31. The number of carbonyl (C=O) groups excluding carboxylic acids is 3. The molecule has 2 rings (SSSR count). The molecule has 1 aromatic carbocycles. The second-order valence-electron chi connectivity index (χ2n) is 13.8. The minimum Gasteiger partial charge on any atom is -0.463 e. The van der Waals surface area contributed by atoms with Crippen molar-refractivity contribution >= 4 is 45.9 Å². The molecule has 2 atom stereocenters. The summed E-state index contributed by atoms with van der Waals surface area (Å²) in [4.78, 5) is 38.3. The van der Waals surface area contributed by atoms with Gasteiger partial charge in [-0.1, -0.05) is 57.9 Å². The highest BCUT2D eigenvalue weighted by Gasteiger charge is 2.16. The van der Waals surface area contributed by atoms with Gasteiger partial charge in [0.1, 0.15) is 36.5 Å². The van der Waals surface area contributed by atoms with Gasteiger partial charge in [0.2, 0.25) is 0 Å². The summed E-state index contributed by atoms with van der Waals surface area (Å²) in [7, 11) is 0. The lowest BCUT2D eigenvalue weighted by atomic mass is 10.0. The van der Waals surface area contributed by atoms with Crippen molar-refractivity contribution in [2.24, 2.45) is 22.1 Å². The van der Waals surface area contributed by atoms with Gasteiger partial charge in [-0.15, -0.1) is 21.6 Å². The number of nitrogens with zero attached hydrogens (tertiary/aromatic N) is 5. The molecule has 0 aliphatic heterocycles. The number of hydrogen-bond acceptors (Lipinski definition) is 14. The van der Waals surface area contributed by atoms with Crippen molar-refractivity contribution in [3.05, 3.63) is 64.1 Å². The van der Waals surface area contributed by atoms with E-state index in [0.29, 0.717) is 79.1 Å². The minimum atomic E-state index is -0.423. The second-order valence-corrected chi connectivity index (χ2v) is 14.8. The van der Waals surface area contributed by atoms with Crippen LogP contribution in [0.25, 0.3) is 0 Å². The van der Waals surface area contributed by atoms with Gasteiger partial charge in [0.15, 0.2) is 5.00 Å². The zero-order chi connectivity index (χ0) is 42.4. The van der Waals surface area contributed by atoms with Crippen LogP contribution in [0.15, 0.2) is 52.7 Å². The van der Waals surface area contributed by atoms with E-state index in [4.69, 9.17) is 23.7 Å². The molecule has 13 nitrogen and oxygen atoms in total. The Labute approximate surface area is 348 Å². The second kappa shape index (κ2) is 30.4. The Morgan fingerprint density at radius 3 is 1.95 bits per heavy atom. The van der Waals surface area contributed by atoms with E-state index < -0.39 is 5.97 Å². The van der Waals surface area contributed by atoms with Crippen LogP contribution in [0, 0.1) is 48.3 Å². The maximum absolute atomic E-state index is 12.3. The van der Waals surface area contributed by atoms with Crippen LogP contribution >= 0.6 is 11.3 Å². The van der Waals surface area contributed by atoms with Crippen LogP contribution in [0.5, 0.6) is 0 Å². The zero-order valence-electron chi connectivity index (χ0n) is 34.9. The van der Waals surface area contributed by atoms with Crippen LogP contribution in [0.3, 0.4) is 0 Å². The predicted molar refractivity (Wildman–Crippen MR) is 226 cm³/mol. The van der Waals surface area contributed by atoms with Gasteiger partial charge in [0.25, 0.3) is 0 Å². The fourth-order valence-electron chi connectivity index (χ4n) is 5.48. The highest BCUT2D eigenvalue weighted by Crippen LogP contribution is 2.36. The SMILES string of the molecule is CCC/C=C/CC(C)CC(=O)OCCOCCN(CCOCCOCCOC(=O)CC(C=O)C/C=C/CCC)c1ccc(/N=N/c2sc(C#N)c(C)c2C#N)c(C)c1. The topological polar surface area (TPSA) is 173 Å². The van der Waals surface area contributed by atoms with Crippen molar-refractivity contribution in [1.29, 1.82) is 10.5 Å². The molecule has 1 heterocycles. The van der Waals surface area contributed by atoms with E-state index in [9.17, 15) is 24.9 Å². The molecule has 0 spiro atoms. The number of thiophene rings is 1. The molecular weight excluding hydrogens is 759 g/mol. The summed E-state index contributed by atoms with van der Waals surface area (Å²) in [5.74, 6) is -0.825. The largest absolute Gasteiger partial charge is 0.463 e. The maximum atomic E-state index is 12.3. The van der Waals surface area contributed by atoms with E-state index >= 15 is 0 Å². The van der Waals surface area contributed by atoms with E-state index in [-0.39, 0.29) is 50.7 Å². The summed E-state index contributed by atoms with van der Waals surface area (Å²) < 4.78 is 27.9. The van der Waals surface area contributed by atoms with Gasteiger partial charge in [-0.05, 0) is 74.8 Å². The highest BCUT2D eigenvalue weighted by atomic mass is 32.1. The van der Waals surface area contributed by atoms with Crippen molar-refractivity contribution in [1.82, 2.24) is 0 Å². The first-order valence-electron chi connectivity index (χ1n) is 20.2. The summed E-state index contributed by atoms with van der Waals surface area (Å²) in [6, 6.07) is 10.00. The average Bonchev–Trinajstić information content (AvgIpc) is 3.53. The maximum Gasteiger partial charge on any atom is 0.306 e. The van der Waals surface area contributed by atoms with E-state index in [0.717, 1.165) is 61.0 Å². The van der Waals surface area contributed by atoms with E-state index in [1.807, 2.05) is 44.2 Å². The molecule has 2 aromatic rings. The number of carbonyl (C=O) groups is 3. The molecular formula is C44H61N5O8S. The van der Waals surface area contributed by atoms with Crippen LogP contribution in [0.2, 0.25) is 0 Å². The van der Waals surface area contributed by atoms with Crippen molar-refractivity contribution in [3.63, 3.8) is 0 Å². The van der Waals surface area contributed by atoms with Crippen LogP contribution in [0.1, 0.15) is 93.7 Å². The number of unbranched alkanes of at least 4 members (excludes halogenated alkanes) is 2. The number of hydrogen-bond donors (Lipinski definition) is 0. The van der Waals surface area contributed by atoms with Gasteiger partial charge in [0, 0.05) is 31.1 Å². The van der Waals surface area contributed by atoms with Crippen molar-refractivity contribution < 1.29 is 38.1 Å². The number of azo groups is 1. The van der Waals surface area contributed by atoms with E-state index in [2.05, 4.69) is 53.3 Å². The zero-order valence-corrected chi connectivity index (χ0v) is 35.7. The lowest BCUT2D eigenvalue weighted by molar-refractivity contribution is -0.147. The van der Waals surface area contributed by atoms with Crippen molar-refractivity contribution in [2.75, 3.05) is 70.8 Å². The first-order chi connectivity index (χ1) is 28.2. The predicted octanol–water partition coefficient (Wildman–Crippen LogP) is 9.19. The number of esters is 2. The van der Waals surface area contributed by atoms with Gasteiger partial charge < -0.3 is 33.4 Å². The van der Waals surface area contributed by atoms with Crippen LogP contribution < -0.4 is 4.90 Å². The molecule has 0 bridgehead atoms. The summed E-state index contributed by atoms with van der Waals surface area (Å²) >= 11 is 1.14. The normalized spacial score (nSPS) is 12.5. The molecule has 0 fully saturated rings. The van der Waals surface area contributed by atoms with Gasteiger partial charge in [-0.2, -0.15) is 10.5 Å². The number of anilines is 1. The van der Waals surface area contributed by atoms with E-state index in [1.54, 1.807) is 6.92 Å². The molecule has 14 heteroatoms. The summed E-state index contributed by atoms with van der Waals surface area (Å²) in [5, 5.41) is 28.0. The van der Waals surface area contributed by atoms with Gasteiger partial charge in [-0.3, -0.25) is 9.59 Å². The fraction of sp³-hybridized carbons (Fsp3) is 0.568. The molecule has 58 heavy (non-hydrogen) atoms. The highest BCUT2D eigenvalue weighted by molar-refractivity contribution is 7.16. The third kappa shape index (κ3) is 20.1. The number of aldehydes is 1. The van der Waals surface area contributed by atoms with Crippen LogP contribution in [-0.4, -0.2) is 84.2 Å². The molecule has 0 aliphatic carbocycles. The van der Waals surface area contributed by atoms with Gasteiger partial charge in [0.05, 0.1) is 57.3 Å². The number of allylic oxidation sites excluding steroid dienone is 4. The quantitative estimate of drug-likeness (QED) is 0.0233. The Balaban J connectivity index is 1.88. The summed E-state index contributed by atoms with van der Waals surface area (Å²) in [5.41, 5.74) is 3.37. The summed E-state index contributed by atoms with van der Waals surface area (Å²) in [6.07, 6.45) is 14.9. The Morgan fingerprint density at radius 1 is 0.793 bits per heavy atom. The lowest BCUT2D eigenvalue weighted by Crippen LogP contribution is -2.31. The molecule has 0 N–H and O–H groups in total. The number of nitriles is 2. The molecule has 0 saturated heterocycles. The molecule has 1 aromatic heterocycles. The molecule has 2 unspecified atom stereocenters. The smallest absolute Gasteiger partial charge is 0.306 e. The number of ether oxygens (including phenoxy) is 5. The Morgan fingerprint density at radius 2 is 1.38 bits per heavy atom. The first-order valence-corrected chi connectivity index (χ1v) is 21.0.